The van der Waals surface area contributed by atoms with Crippen molar-refractivity contribution < 1.29 is 58.6 Å². The van der Waals surface area contributed by atoms with Gasteiger partial charge in [-0.25, -0.2) is 0 Å². The monoisotopic (exact) mass is 872 g/mol. The second-order valence-electron chi connectivity index (χ2n) is 19.8. The van der Waals surface area contributed by atoms with Crippen molar-refractivity contribution in [3.05, 3.63) is 35.5 Å². The van der Waals surface area contributed by atoms with Crippen LogP contribution in [0.3, 0.4) is 0 Å². The third-order valence-corrected chi connectivity index (χ3v) is 15.1. The van der Waals surface area contributed by atoms with Gasteiger partial charge in [-0.2, -0.15) is 0 Å². The molecule has 0 spiro atoms. The summed E-state index contributed by atoms with van der Waals surface area (Å²) in [7, 11) is 4.66. The molecule has 0 unspecified atom stereocenters. The van der Waals surface area contributed by atoms with E-state index in [4.69, 9.17) is 18.9 Å². The van der Waals surface area contributed by atoms with Crippen molar-refractivity contribution in [2.75, 3.05) is 27.9 Å². The van der Waals surface area contributed by atoms with E-state index >= 15 is 0 Å². The van der Waals surface area contributed by atoms with Gasteiger partial charge in [0.05, 0.1) is 42.2 Å². The van der Waals surface area contributed by atoms with Crippen LogP contribution in [0.5, 0.6) is 0 Å². The molecule has 4 N–H and O–H groups in total. The lowest BCUT2D eigenvalue weighted by molar-refractivity contribution is -0.302. The first-order chi connectivity index (χ1) is 29.3. The highest BCUT2D eigenvalue weighted by Gasteiger charge is 2.56. The molecule has 62 heavy (non-hydrogen) atoms. The van der Waals surface area contributed by atoms with Gasteiger partial charge in [-0.05, 0) is 121 Å². The first kappa shape index (κ1) is 50.4. The molecule has 0 aromatic rings. The predicted octanol–water partition coefficient (Wildman–Crippen LogP) is 5.59. The molecule has 5 rings (SSSR count). The Morgan fingerprint density at radius 1 is 0.839 bits per heavy atom. The summed E-state index contributed by atoms with van der Waals surface area (Å²) in [6, 6.07) is -0.939. The number of rotatable bonds is 8. The molecule has 2 saturated heterocycles. The van der Waals surface area contributed by atoms with Crippen molar-refractivity contribution in [1.29, 1.82) is 0 Å². The molecule has 1 amide bonds. The number of methoxy groups -OCH3 is 3. The number of aliphatic hydroxyl groups excluding tert-OH is 2. The van der Waals surface area contributed by atoms with Crippen LogP contribution < -0.4 is 0 Å². The van der Waals surface area contributed by atoms with Crippen molar-refractivity contribution in [3.63, 3.8) is 0 Å². The normalized spacial score (nSPS) is 40.9. The molecule has 0 radical (unpaired) electrons. The third-order valence-electron chi connectivity index (χ3n) is 15.1. The largest absolute Gasteiger partial charge is 0.392 e. The lowest BCUT2D eigenvalue weighted by Crippen LogP contribution is -2.64. The number of hydrogen-bond acceptors (Lipinski definition) is 12. The van der Waals surface area contributed by atoms with Crippen molar-refractivity contribution in [2.45, 2.75) is 185 Å². The molecule has 0 aromatic carbocycles. The molecule has 350 valence electrons. The summed E-state index contributed by atoms with van der Waals surface area (Å²) >= 11 is 0. The van der Waals surface area contributed by atoms with Crippen LogP contribution in [-0.2, 0) is 38.1 Å². The fourth-order valence-electron chi connectivity index (χ4n) is 10.9. The van der Waals surface area contributed by atoms with Crippen molar-refractivity contribution in [1.82, 2.24) is 4.90 Å². The number of allylic oxidation sites excluding steroid dienone is 5. The summed E-state index contributed by atoms with van der Waals surface area (Å²) in [6.45, 7) is 9.62. The maximum Gasteiger partial charge on any atom is 0.296 e. The number of hydrogen-bond donors (Lipinski definition) is 4. The zero-order valence-electron chi connectivity index (χ0n) is 38.6. The van der Waals surface area contributed by atoms with E-state index in [2.05, 4.69) is 13.0 Å². The lowest BCUT2D eigenvalue weighted by atomic mass is 9.75. The second kappa shape index (κ2) is 22.0. The van der Waals surface area contributed by atoms with E-state index in [1.165, 1.54) is 19.1 Å². The summed E-state index contributed by atoms with van der Waals surface area (Å²) in [5.41, 5.74) is 0.961. The van der Waals surface area contributed by atoms with E-state index in [-0.39, 0.29) is 55.3 Å². The number of nitrogens with zero attached hydrogens (tertiary/aromatic N) is 1. The average Bonchev–Trinajstić information content (AvgIpc) is 3.23. The zero-order chi connectivity index (χ0) is 45.5. The zero-order valence-corrected chi connectivity index (χ0v) is 38.6. The highest BCUT2D eigenvalue weighted by atomic mass is 16.7. The Kier molecular flexibility index (Phi) is 17.9. The number of piperidine rings is 1. The molecule has 3 heterocycles. The Labute approximate surface area is 369 Å². The van der Waals surface area contributed by atoms with Crippen LogP contribution in [-0.4, -0.2) is 131 Å². The van der Waals surface area contributed by atoms with Crippen LogP contribution in [0, 0.1) is 35.5 Å². The fraction of sp³-hybridized carbons (Fsp3) is 0.796. The van der Waals surface area contributed by atoms with Crippen LogP contribution in [0.15, 0.2) is 35.5 Å². The van der Waals surface area contributed by atoms with E-state index in [9.17, 15) is 39.6 Å². The highest BCUT2D eigenvalue weighted by Crippen LogP contribution is 2.40. The van der Waals surface area contributed by atoms with Crippen LogP contribution in [0.25, 0.3) is 0 Å². The molecular formula is C49H77NO12. The van der Waals surface area contributed by atoms with E-state index in [1.54, 1.807) is 20.1 Å². The molecule has 2 saturated carbocycles. The van der Waals surface area contributed by atoms with E-state index in [0.717, 1.165) is 24.0 Å². The first-order valence-corrected chi connectivity index (χ1v) is 23.4. The van der Waals surface area contributed by atoms with Gasteiger partial charge in [-0.1, -0.05) is 56.2 Å². The van der Waals surface area contributed by atoms with Gasteiger partial charge in [-0.15, -0.1) is 0 Å². The van der Waals surface area contributed by atoms with Gasteiger partial charge in [0.15, 0.2) is 5.78 Å². The van der Waals surface area contributed by atoms with Gasteiger partial charge in [0.25, 0.3) is 11.7 Å². The van der Waals surface area contributed by atoms with Crippen LogP contribution in [0.1, 0.15) is 131 Å². The number of carbonyl (C=O) groups is 4. The molecule has 14 atom stereocenters. The topological polar surface area (TPSA) is 189 Å². The number of Topliss-reactive ketones (excluding diaryl/α,β-unsaturated/α-hetero) is 3. The van der Waals surface area contributed by atoms with Gasteiger partial charge >= 0.3 is 0 Å². The number of carbonyl (C=O) groups excluding carboxylic acids is 4. The Hall–Kier alpha value is -2.62. The molecule has 0 aromatic heterocycles. The second-order valence-corrected chi connectivity index (χ2v) is 19.8. The number of fused-ring (bicyclic) bond motifs is 3. The summed E-state index contributed by atoms with van der Waals surface area (Å²) in [5.74, 6) is -7.41. The number of aliphatic hydroxyl groups is 4. The average molecular weight is 872 g/mol. The molecular weight excluding hydrogens is 795 g/mol. The van der Waals surface area contributed by atoms with Crippen LogP contribution in [0.2, 0.25) is 0 Å². The Morgan fingerprint density at radius 2 is 1.52 bits per heavy atom. The van der Waals surface area contributed by atoms with Gasteiger partial charge in [0.1, 0.15) is 11.9 Å². The Balaban J connectivity index is 1.55. The van der Waals surface area contributed by atoms with E-state index in [0.29, 0.717) is 64.2 Å². The van der Waals surface area contributed by atoms with E-state index in [1.807, 2.05) is 32.9 Å². The van der Waals surface area contributed by atoms with Gasteiger partial charge in [-0.3, -0.25) is 19.2 Å². The Bertz CT molecular complexity index is 1650. The minimum absolute atomic E-state index is 0.00831. The predicted molar refractivity (Wildman–Crippen MR) is 234 cm³/mol. The highest BCUT2D eigenvalue weighted by molar-refractivity contribution is 6.39. The minimum Gasteiger partial charge on any atom is -0.392 e. The molecule has 2 bridgehead atoms. The first-order valence-electron chi connectivity index (χ1n) is 23.4. The number of amides is 1. The smallest absolute Gasteiger partial charge is 0.296 e. The molecule has 4 fully saturated rings. The Morgan fingerprint density at radius 3 is 2.16 bits per heavy atom. The molecule has 13 heteroatoms. The van der Waals surface area contributed by atoms with Gasteiger partial charge in [0, 0.05) is 52.6 Å². The fourth-order valence-corrected chi connectivity index (χ4v) is 10.9. The van der Waals surface area contributed by atoms with Crippen LogP contribution >= 0.6 is 0 Å². The van der Waals surface area contributed by atoms with Crippen molar-refractivity contribution >= 4 is 23.3 Å². The van der Waals surface area contributed by atoms with Crippen molar-refractivity contribution in [2.24, 2.45) is 35.5 Å². The molecule has 13 nitrogen and oxygen atoms in total. The summed E-state index contributed by atoms with van der Waals surface area (Å²) in [6.07, 6.45) is 10.8. The number of ether oxygens (including phenoxy) is 4. The summed E-state index contributed by atoms with van der Waals surface area (Å²) in [5, 5.41) is 45.4. The van der Waals surface area contributed by atoms with Crippen LogP contribution in [0.4, 0.5) is 0 Å². The number of ketones is 3. The lowest BCUT2D eigenvalue weighted by Gasteiger charge is -2.47. The quantitative estimate of drug-likeness (QED) is 0.175. The van der Waals surface area contributed by atoms with Gasteiger partial charge in [0.2, 0.25) is 5.79 Å². The van der Waals surface area contributed by atoms with Crippen molar-refractivity contribution in [3.8, 4) is 0 Å². The third kappa shape index (κ3) is 12.0. The molecule has 5 aliphatic rings. The standard InChI is InChI=1S/C49H77NO12/c1-29-21-30(2)23-43(60-7)45-44(61-8)25-32(4)49(58,62-45)46(55)47(56)50-20-10-9-14-37(50)41(54)27-36(31(3)24-34-15-16-38(51)42(26-34)59-6)33(5)39(52)28-40(53)35(22-29)13-11-17-48(57)18-12-19-48/h11,17,22,24,30,32-39,42-45,51-52,57-58H,9-10,12-16,18-21,23,25-28H2,1-8H3/b17-11+,29-22+,31-24+/t30-,32+,33-,34-,35+,36+,37-,38+,39-,42+,43-,44-,45+,49+/m0/s1. The minimum atomic E-state index is -2.49. The van der Waals surface area contributed by atoms with E-state index < -0.39 is 83.3 Å². The van der Waals surface area contributed by atoms with Gasteiger partial charge < -0.3 is 44.3 Å². The molecule has 3 aliphatic heterocycles. The molecule has 2 aliphatic carbocycles. The maximum atomic E-state index is 14.7. The SMILES string of the molecule is CO[C@H]1C[C@@H](C)C/C(C)=C/[C@@H](C/C=C/C2(O)CCC2)C(=O)C[C@H](O)[C@@H](C)[C@@H](/C(C)=C/[C@@H]2CC[C@@H](O)[C@H](OC)C2)CC(=O)[C@@H]2CCCCN2C(=O)C(=O)[C@]2(O)O[C@H]1[C@@H](OC)C[C@H]2C. The summed E-state index contributed by atoms with van der Waals surface area (Å²) in [4.78, 5) is 59.0. The maximum absolute atomic E-state index is 14.7. The summed E-state index contributed by atoms with van der Waals surface area (Å²) < 4.78 is 23.7.